The third-order valence-electron chi connectivity index (χ3n) is 5.01. The van der Waals surface area contributed by atoms with Crippen molar-refractivity contribution in [2.24, 2.45) is 0 Å². The maximum Gasteiger partial charge on any atom is 0.269 e. The Hall–Kier alpha value is -4.26. The monoisotopic (exact) mass is 489 g/mol. The van der Waals surface area contributed by atoms with Crippen molar-refractivity contribution in [1.82, 2.24) is 19.9 Å². The normalized spacial score (nSPS) is 11.3. The van der Waals surface area contributed by atoms with Crippen molar-refractivity contribution < 1.29 is 22.0 Å². The Kier molecular flexibility index (Phi) is 6.82. The molecule has 7 nitrogen and oxygen atoms in total. The van der Waals surface area contributed by atoms with E-state index in [0.29, 0.717) is 0 Å². The molecule has 34 heavy (non-hydrogen) atoms. The van der Waals surface area contributed by atoms with Gasteiger partial charge in [0.1, 0.15) is 0 Å². The molecule has 0 saturated heterocycles. The Morgan fingerprint density at radius 2 is 0.941 bits per heavy atom. The van der Waals surface area contributed by atoms with E-state index < -0.39 is 4.92 Å². The largest absolute Gasteiger partial charge is 0.355 e. The number of nitrogens with zero attached hydrogens (tertiary/aromatic N) is 3. The zero-order valence-electron chi connectivity index (χ0n) is 17.8. The fraction of sp³-hybridized carbons (Fsp3) is 0. The van der Waals surface area contributed by atoms with Gasteiger partial charge in [-0.15, -0.1) is 0 Å². The minimum atomic E-state index is -0.417. The summed E-state index contributed by atoms with van der Waals surface area (Å²) in [6.07, 6.45) is 8.09. The van der Waals surface area contributed by atoms with Crippen LogP contribution in [0, 0.1) is 10.1 Å². The van der Waals surface area contributed by atoms with Crippen LogP contribution in [0.3, 0.4) is 0 Å². The molecule has 0 aliphatic carbocycles. The molecule has 5 heterocycles. The van der Waals surface area contributed by atoms with Crippen LogP contribution in [-0.2, 0) is 17.1 Å². The minimum absolute atomic E-state index is 0. The van der Waals surface area contributed by atoms with Crippen molar-refractivity contribution in [3.05, 3.63) is 112 Å². The first-order valence-electron chi connectivity index (χ1n) is 10.3. The van der Waals surface area contributed by atoms with Crippen LogP contribution in [0.5, 0.6) is 0 Å². The molecule has 0 fully saturated rings. The van der Waals surface area contributed by atoms with E-state index in [-0.39, 0.29) is 22.8 Å². The van der Waals surface area contributed by atoms with Gasteiger partial charge in [0.2, 0.25) is 0 Å². The summed E-state index contributed by atoms with van der Waals surface area (Å²) in [6.45, 7) is 0. The molecule has 4 aromatic rings. The van der Waals surface area contributed by atoms with Crippen molar-refractivity contribution in [2.45, 2.75) is 0 Å². The van der Waals surface area contributed by atoms with Gasteiger partial charge in [-0.2, -0.15) is 0 Å². The molecule has 2 N–H and O–H groups in total. The van der Waals surface area contributed by atoms with E-state index in [9.17, 15) is 10.1 Å². The molecular weight excluding hydrogens is 470 g/mol. The Morgan fingerprint density at radius 1 is 0.588 bits per heavy atom. The zero-order chi connectivity index (χ0) is 22.6. The van der Waals surface area contributed by atoms with Crippen LogP contribution in [0.4, 0.5) is 5.69 Å². The van der Waals surface area contributed by atoms with Crippen molar-refractivity contribution >= 4 is 52.1 Å². The number of nitro groups is 1. The second kappa shape index (κ2) is 10.1. The van der Waals surface area contributed by atoms with Crippen molar-refractivity contribution in [1.29, 1.82) is 0 Å². The van der Waals surface area contributed by atoms with E-state index in [1.54, 1.807) is 18.2 Å². The van der Waals surface area contributed by atoms with E-state index in [0.717, 1.165) is 44.8 Å². The quantitative estimate of drug-likeness (QED) is 0.162. The average Bonchev–Trinajstić information content (AvgIpc) is 3.61. The van der Waals surface area contributed by atoms with Gasteiger partial charge >= 0.3 is 0 Å². The van der Waals surface area contributed by atoms with Crippen LogP contribution in [0.2, 0.25) is 0 Å². The number of nitrogens with one attached hydrogen (secondary N) is 2. The van der Waals surface area contributed by atoms with Crippen LogP contribution >= 0.6 is 0 Å². The van der Waals surface area contributed by atoms with Gasteiger partial charge in [0.05, 0.1) is 27.7 Å². The van der Waals surface area contributed by atoms with Crippen molar-refractivity contribution in [2.75, 3.05) is 0 Å². The van der Waals surface area contributed by atoms with Crippen molar-refractivity contribution in [3.63, 3.8) is 0 Å². The Bertz CT molecular complexity index is 1380. The number of aromatic amines is 2. The molecule has 168 valence electrons. The van der Waals surface area contributed by atoms with Gasteiger partial charge in [-0.05, 0) is 72.8 Å². The van der Waals surface area contributed by atoms with Crippen LogP contribution in [0.15, 0.2) is 78.9 Å². The van der Waals surface area contributed by atoms with Crippen LogP contribution in [-0.4, -0.2) is 24.9 Å². The molecule has 6 rings (SSSR count). The van der Waals surface area contributed by atoms with E-state index in [2.05, 4.69) is 44.2 Å². The molecule has 0 unspecified atom stereocenters. The molecule has 0 saturated carbocycles. The summed E-state index contributed by atoms with van der Waals surface area (Å²) in [4.78, 5) is 25.6. The second-order valence-corrected chi connectivity index (χ2v) is 7.50. The maximum atomic E-state index is 10.0. The van der Waals surface area contributed by atoms with Gasteiger partial charge in [0.25, 0.3) is 5.69 Å². The first-order valence-corrected chi connectivity index (χ1v) is 10.3. The third kappa shape index (κ3) is 5.56. The first kappa shape index (κ1) is 22.9. The maximum absolute atomic E-state index is 10.0. The summed E-state index contributed by atoms with van der Waals surface area (Å²) in [5.41, 5.74) is 8.00. The number of aromatic nitrogens is 4. The summed E-state index contributed by atoms with van der Waals surface area (Å²) in [5, 5.41) is 10.0. The van der Waals surface area contributed by atoms with Gasteiger partial charge in [0.15, 0.2) is 0 Å². The van der Waals surface area contributed by atoms with Gasteiger partial charge in [-0.25, -0.2) is 9.97 Å². The predicted molar refractivity (Wildman–Crippen MR) is 132 cm³/mol. The molecular formula is C26H19FeN5O2. The molecule has 2 aliphatic rings. The molecule has 0 spiro atoms. The molecule has 3 aromatic heterocycles. The standard InChI is InChI=1S/C20H14N4.C6H5NO2.Fe/c1-2-14-10-16-5-6-18(23-16)12-20-8-7-19(24-20)11-17-4-3-15(22-17)9-13(1)21-14;8-7(9)6-4-2-1-3-5-6;/h1-12,21,24H;1-5H;. The third-order valence-corrected chi connectivity index (χ3v) is 5.01. The molecule has 0 radical (unpaired) electrons. The number of non-ortho nitro benzene ring substituents is 1. The molecule has 8 bridgehead atoms. The minimum Gasteiger partial charge on any atom is -0.355 e. The van der Waals surface area contributed by atoms with E-state index in [1.165, 1.54) is 12.1 Å². The summed E-state index contributed by atoms with van der Waals surface area (Å²) in [5.74, 6) is 0. The van der Waals surface area contributed by atoms with Gasteiger partial charge < -0.3 is 9.97 Å². The number of rotatable bonds is 1. The Morgan fingerprint density at radius 3 is 1.24 bits per heavy atom. The predicted octanol–water partition coefficient (Wildman–Crippen LogP) is 6.25. The first-order chi connectivity index (χ1) is 16.1. The Labute approximate surface area is 205 Å². The number of hydrogen-bond acceptors (Lipinski definition) is 4. The SMILES string of the molecule is C1=Cc2cc3ccc(cc4nc(cc5ccc(cc1n2)[nH]5)C=C4)[nH]3.O=[N+]([O-])c1ccccc1.[Fe]. The van der Waals surface area contributed by atoms with E-state index in [4.69, 9.17) is 0 Å². The average molecular weight is 489 g/mol. The molecule has 2 aliphatic heterocycles. The van der Waals surface area contributed by atoms with Crippen LogP contribution in [0.25, 0.3) is 46.4 Å². The number of H-pyrrole nitrogens is 2. The molecule has 0 amide bonds. The summed E-state index contributed by atoms with van der Waals surface area (Å²) < 4.78 is 0. The molecule has 1 aromatic carbocycles. The van der Waals surface area contributed by atoms with Gasteiger partial charge in [0, 0.05) is 51.3 Å². The summed E-state index contributed by atoms with van der Waals surface area (Å²) in [7, 11) is 0. The molecule has 8 heteroatoms. The number of fused-ring (bicyclic) bond motifs is 8. The number of para-hydroxylation sites is 1. The fourth-order valence-electron chi connectivity index (χ4n) is 3.49. The smallest absolute Gasteiger partial charge is 0.269 e. The van der Waals surface area contributed by atoms with E-state index >= 15 is 0 Å². The summed E-state index contributed by atoms with van der Waals surface area (Å²) in [6, 6.07) is 24.3. The number of benzene rings is 1. The number of nitro benzene ring substituents is 1. The summed E-state index contributed by atoms with van der Waals surface area (Å²) >= 11 is 0. The Balaban J connectivity index is 0.000000234. The van der Waals surface area contributed by atoms with Crippen molar-refractivity contribution in [3.8, 4) is 0 Å². The topological polar surface area (TPSA) is 101 Å². The second-order valence-electron chi connectivity index (χ2n) is 7.50. The van der Waals surface area contributed by atoms with Gasteiger partial charge in [-0.1, -0.05) is 18.2 Å². The zero-order valence-corrected chi connectivity index (χ0v) is 18.9. The van der Waals surface area contributed by atoms with Crippen LogP contribution in [0.1, 0.15) is 22.8 Å². The van der Waals surface area contributed by atoms with E-state index in [1.807, 2.05) is 48.6 Å². The fourth-order valence-corrected chi connectivity index (χ4v) is 3.49. The number of hydrogen-bond donors (Lipinski definition) is 2. The molecule has 0 atom stereocenters. The van der Waals surface area contributed by atoms with Crippen LogP contribution < -0.4 is 0 Å². The van der Waals surface area contributed by atoms with Gasteiger partial charge in [-0.3, -0.25) is 10.1 Å².